The summed E-state index contributed by atoms with van der Waals surface area (Å²) in [5.41, 5.74) is 2.70. The molecule has 1 unspecified atom stereocenters. The Labute approximate surface area is 118 Å². The summed E-state index contributed by atoms with van der Waals surface area (Å²) in [6.45, 7) is 4.01. The van der Waals surface area contributed by atoms with E-state index >= 15 is 0 Å². The second kappa shape index (κ2) is 6.55. The lowest BCUT2D eigenvalue weighted by Crippen LogP contribution is -2.23. The average molecular weight is 313 g/mol. The van der Waals surface area contributed by atoms with Crippen molar-refractivity contribution in [2.75, 3.05) is 38.8 Å². The van der Waals surface area contributed by atoms with Gasteiger partial charge in [0, 0.05) is 42.8 Å². The Morgan fingerprint density at radius 3 is 3.06 bits per heavy atom. The van der Waals surface area contributed by atoms with Crippen LogP contribution in [0.1, 0.15) is 12.0 Å². The summed E-state index contributed by atoms with van der Waals surface area (Å²) < 4.78 is 6.40. The van der Waals surface area contributed by atoms with Gasteiger partial charge >= 0.3 is 0 Å². The van der Waals surface area contributed by atoms with Gasteiger partial charge in [-0.3, -0.25) is 0 Å². The fraction of sp³-hybridized carbons (Fsp3) is 0.571. The third-order valence-electron chi connectivity index (χ3n) is 3.44. The van der Waals surface area contributed by atoms with Gasteiger partial charge in [-0.25, -0.2) is 0 Å². The van der Waals surface area contributed by atoms with Gasteiger partial charge in [0.25, 0.3) is 0 Å². The van der Waals surface area contributed by atoms with Crippen LogP contribution in [0.2, 0.25) is 0 Å². The van der Waals surface area contributed by atoms with E-state index in [-0.39, 0.29) is 0 Å². The van der Waals surface area contributed by atoms with Crippen molar-refractivity contribution in [3.63, 3.8) is 0 Å². The van der Waals surface area contributed by atoms with E-state index in [2.05, 4.69) is 44.3 Å². The summed E-state index contributed by atoms with van der Waals surface area (Å²) >= 11 is 3.55. The van der Waals surface area contributed by atoms with Crippen LogP contribution in [0.25, 0.3) is 0 Å². The second-order valence-corrected chi connectivity index (χ2v) is 5.78. The van der Waals surface area contributed by atoms with E-state index in [0.717, 1.165) is 30.7 Å². The normalized spacial score (nSPS) is 19.5. The Bertz CT molecular complexity index is 397. The Balaban J connectivity index is 2.13. The Morgan fingerprint density at radius 2 is 2.33 bits per heavy atom. The predicted octanol–water partition coefficient (Wildman–Crippen LogP) is 2.64. The highest BCUT2D eigenvalue weighted by Crippen LogP contribution is 2.29. The van der Waals surface area contributed by atoms with Crippen LogP contribution < -0.4 is 10.2 Å². The highest BCUT2D eigenvalue weighted by molar-refractivity contribution is 9.10. The van der Waals surface area contributed by atoms with E-state index in [9.17, 15) is 0 Å². The molecule has 1 fully saturated rings. The van der Waals surface area contributed by atoms with Gasteiger partial charge in [-0.05, 0) is 37.2 Å². The molecule has 1 aliphatic heterocycles. The topological polar surface area (TPSA) is 24.5 Å². The molecule has 1 atom stereocenters. The maximum atomic E-state index is 5.26. The Hall–Kier alpha value is -0.580. The molecule has 0 spiro atoms. The zero-order valence-corrected chi connectivity index (χ0v) is 12.7. The Morgan fingerprint density at radius 1 is 1.50 bits per heavy atom. The summed E-state index contributed by atoms with van der Waals surface area (Å²) in [7, 11) is 3.77. The molecule has 0 aliphatic carbocycles. The van der Waals surface area contributed by atoms with Crippen molar-refractivity contribution in [2.24, 2.45) is 5.92 Å². The molecule has 1 N–H and O–H groups in total. The van der Waals surface area contributed by atoms with Crippen LogP contribution >= 0.6 is 15.9 Å². The predicted molar refractivity (Wildman–Crippen MR) is 79.1 cm³/mol. The van der Waals surface area contributed by atoms with Gasteiger partial charge in [-0.2, -0.15) is 0 Å². The first-order valence-corrected chi connectivity index (χ1v) is 7.20. The van der Waals surface area contributed by atoms with E-state index in [1.807, 2.05) is 7.05 Å². The minimum absolute atomic E-state index is 0.668. The number of rotatable bonds is 5. The van der Waals surface area contributed by atoms with Gasteiger partial charge in [0.2, 0.25) is 0 Å². The van der Waals surface area contributed by atoms with Crippen LogP contribution in [0.4, 0.5) is 5.69 Å². The lowest BCUT2D eigenvalue weighted by Gasteiger charge is -2.22. The van der Waals surface area contributed by atoms with Crippen LogP contribution in [0.5, 0.6) is 0 Å². The number of anilines is 1. The molecule has 0 radical (unpaired) electrons. The molecule has 1 aromatic carbocycles. The third-order valence-corrected chi connectivity index (χ3v) is 3.93. The van der Waals surface area contributed by atoms with Crippen LogP contribution in [0, 0.1) is 5.92 Å². The smallest absolute Gasteiger partial charge is 0.0508 e. The summed E-state index contributed by atoms with van der Waals surface area (Å²) in [5.74, 6) is 0.668. The lowest BCUT2D eigenvalue weighted by atomic mass is 10.1. The first-order valence-electron chi connectivity index (χ1n) is 6.41. The number of methoxy groups -OCH3 is 1. The highest BCUT2D eigenvalue weighted by atomic mass is 79.9. The van der Waals surface area contributed by atoms with Crippen molar-refractivity contribution in [2.45, 2.75) is 13.0 Å². The summed E-state index contributed by atoms with van der Waals surface area (Å²) in [4.78, 5) is 2.48. The fourth-order valence-electron chi connectivity index (χ4n) is 2.62. The quantitative estimate of drug-likeness (QED) is 0.904. The number of nitrogens with one attached hydrogen (secondary N) is 1. The SMILES string of the molecule is CNCc1cc(Br)ccc1N1CCC(COC)C1. The zero-order chi connectivity index (χ0) is 13.0. The molecule has 100 valence electrons. The Kier molecular flexibility index (Phi) is 5.03. The lowest BCUT2D eigenvalue weighted by molar-refractivity contribution is 0.161. The van der Waals surface area contributed by atoms with Crippen molar-refractivity contribution in [1.29, 1.82) is 0 Å². The number of halogens is 1. The largest absolute Gasteiger partial charge is 0.384 e. The molecule has 0 bridgehead atoms. The van der Waals surface area contributed by atoms with Gasteiger partial charge < -0.3 is 15.0 Å². The second-order valence-electron chi connectivity index (χ2n) is 4.86. The molecule has 0 amide bonds. The summed E-state index contributed by atoms with van der Waals surface area (Å²) in [5, 5.41) is 3.24. The zero-order valence-electron chi connectivity index (χ0n) is 11.1. The van der Waals surface area contributed by atoms with Crippen LogP contribution in [-0.4, -0.2) is 33.9 Å². The maximum Gasteiger partial charge on any atom is 0.0508 e. The van der Waals surface area contributed by atoms with Crippen molar-refractivity contribution < 1.29 is 4.74 Å². The molecule has 18 heavy (non-hydrogen) atoms. The highest BCUT2D eigenvalue weighted by Gasteiger charge is 2.23. The van der Waals surface area contributed by atoms with Gasteiger partial charge in [0.05, 0.1) is 6.61 Å². The first kappa shape index (κ1) is 13.8. The molecule has 2 rings (SSSR count). The van der Waals surface area contributed by atoms with Crippen LogP contribution in [0.3, 0.4) is 0 Å². The molecule has 3 nitrogen and oxygen atoms in total. The van der Waals surface area contributed by atoms with Crippen molar-refractivity contribution in [3.8, 4) is 0 Å². The number of nitrogens with zero attached hydrogens (tertiary/aromatic N) is 1. The fourth-order valence-corrected chi connectivity index (χ4v) is 3.03. The summed E-state index contributed by atoms with van der Waals surface area (Å²) in [6.07, 6.45) is 1.23. The van der Waals surface area contributed by atoms with E-state index in [1.54, 1.807) is 7.11 Å². The molecular weight excluding hydrogens is 292 g/mol. The van der Waals surface area contributed by atoms with Crippen molar-refractivity contribution >= 4 is 21.6 Å². The van der Waals surface area contributed by atoms with Crippen molar-refractivity contribution in [3.05, 3.63) is 28.2 Å². The van der Waals surface area contributed by atoms with Crippen molar-refractivity contribution in [1.82, 2.24) is 5.32 Å². The number of benzene rings is 1. The van der Waals surface area contributed by atoms with E-state index in [4.69, 9.17) is 4.74 Å². The molecule has 0 aromatic heterocycles. The van der Waals surface area contributed by atoms with Crippen LogP contribution in [-0.2, 0) is 11.3 Å². The molecule has 1 aromatic rings. The third kappa shape index (κ3) is 3.25. The minimum Gasteiger partial charge on any atom is -0.384 e. The van der Waals surface area contributed by atoms with E-state index in [0.29, 0.717) is 5.92 Å². The molecule has 1 heterocycles. The number of hydrogen-bond acceptors (Lipinski definition) is 3. The number of ether oxygens (including phenoxy) is 1. The summed E-state index contributed by atoms with van der Waals surface area (Å²) in [6, 6.07) is 6.54. The number of hydrogen-bond donors (Lipinski definition) is 1. The van der Waals surface area contributed by atoms with Gasteiger partial charge in [-0.15, -0.1) is 0 Å². The first-order chi connectivity index (χ1) is 8.74. The van der Waals surface area contributed by atoms with Gasteiger partial charge in [-0.1, -0.05) is 15.9 Å². The van der Waals surface area contributed by atoms with Crippen LogP contribution in [0.15, 0.2) is 22.7 Å². The van der Waals surface area contributed by atoms with E-state index < -0.39 is 0 Å². The minimum atomic E-state index is 0.668. The van der Waals surface area contributed by atoms with E-state index in [1.165, 1.54) is 17.7 Å². The molecule has 1 aliphatic rings. The van der Waals surface area contributed by atoms with Gasteiger partial charge in [0.1, 0.15) is 0 Å². The average Bonchev–Trinajstić information content (AvgIpc) is 2.79. The van der Waals surface area contributed by atoms with Gasteiger partial charge in [0.15, 0.2) is 0 Å². The molecule has 4 heteroatoms. The maximum absolute atomic E-state index is 5.26. The molecule has 1 saturated heterocycles. The monoisotopic (exact) mass is 312 g/mol. The standard InChI is InChI=1S/C14H21BrN2O/c1-16-8-12-7-13(15)3-4-14(12)17-6-5-11(9-17)10-18-2/h3-4,7,11,16H,5-6,8-10H2,1-2H3. The molecular formula is C14H21BrN2O. The molecule has 0 saturated carbocycles.